The lowest BCUT2D eigenvalue weighted by Gasteiger charge is -2.52. The molecule has 230 valence electrons. The Kier molecular flexibility index (Phi) is 9.09. The Balaban J connectivity index is 1.42. The van der Waals surface area contributed by atoms with Gasteiger partial charge in [0.25, 0.3) is 0 Å². The van der Waals surface area contributed by atoms with E-state index in [-0.39, 0.29) is 37.6 Å². The van der Waals surface area contributed by atoms with Crippen LogP contribution in [0.3, 0.4) is 0 Å². The molecule has 0 radical (unpaired) electrons. The van der Waals surface area contributed by atoms with Crippen LogP contribution < -0.4 is 5.32 Å². The van der Waals surface area contributed by atoms with E-state index in [1.807, 2.05) is 0 Å². The van der Waals surface area contributed by atoms with E-state index < -0.39 is 51.5 Å². The number of hydrogen-bond acceptors (Lipinski definition) is 6. The van der Waals surface area contributed by atoms with Gasteiger partial charge in [-0.3, -0.25) is 14.4 Å². The first-order valence-electron chi connectivity index (χ1n) is 14.3. The number of fused-ring (bicyclic) bond motifs is 1. The SMILES string of the molecule is CC(=O)c1ccc(NC(=O)N2CCC(=O)N3[C@H](CS(=O)(=O)Cc4ccccc4)C(=O)N(CCc4cccc(F)c4)C[C@H]23)cc1. The molecule has 3 aromatic rings. The van der Waals surface area contributed by atoms with Gasteiger partial charge in [0.2, 0.25) is 11.8 Å². The Morgan fingerprint density at radius 2 is 1.66 bits per heavy atom. The van der Waals surface area contributed by atoms with Crippen molar-refractivity contribution in [1.29, 1.82) is 0 Å². The number of ketones is 1. The van der Waals surface area contributed by atoms with Crippen molar-refractivity contribution in [2.24, 2.45) is 0 Å². The molecule has 2 aliphatic heterocycles. The second-order valence-corrected chi connectivity index (χ2v) is 13.1. The lowest BCUT2D eigenvalue weighted by molar-refractivity contribution is -0.165. The first-order valence-corrected chi connectivity index (χ1v) is 16.1. The molecule has 2 aliphatic rings. The third kappa shape index (κ3) is 7.13. The number of amides is 4. The average molecular weight is 621 g/mol. The van der Waals surface area contributed by atoms with Crippen molar-refractivity contribution < 1.29 is 32.0 Å². The minimum absolute atomic E-state index is 0.0359. The van der Waals surface area contributed by atoms with E-state index in [4.69, 9.17) is 0 Å². The zero-order chi connectivity index (χ0) is 31.4. The van der Waals surface area contributed by atoms with Gasteiger partial charge in [0.1, 0.15) is 18.0 Å². The fraction of sp³-hybridized carbons (Fsp3) is 0.312. The van der Waals surface area contributed by atoms with Crippen molar-refractivity contribution in [2.75, 3.05) is 30.7 Å². The van der Waals surface area contributed by atoms with Crippen molar-refractivity contribution in [1.82, 2.24) is 14.7 Å². The summed E-state index contributed by atoms with van der Waals surface area (Å²) < 4.78 is 40.6. The number of nitrogens with one attached hydrogen (secondary N) is 1. The van der Waals surface area contributed by atoms with Gasteiger partial charge in [-0.25, -0.2) is 17.6 Å². The van der Waals surface area contributed by atoms with Crippen molar-refractivity contribution in [3.05, 3.63) is 101 Å². The maximum Gasteiger partial charge on any atom is 0.323 e. The van der Waals surface area contributed by atoms with Crippen LogP contribution in [0.2, 0.25) is 0 Å². The Morgan fingerprint density at radius 1 is 0.955 bits per heavy atom. The van der Waals surface area contributed by atoms with Gasteiger partial charge in [-0.05, 0) is 60.9 Å². The minimum atomic E-state index is -3.87. The van der Waals surface area contributed by atoms with Gasteiger partial charge in [-0.2, -0.15) is 0 Å². The summed E-state index contributed by atoms with van der Waals surface area (Å²) in [5, 5.41) is 2.79. The van der Waals surface area contributed by atoms with Crippen molar-refractivity contribution in [2.45, 2.75) is 37.7 Å². The van der Waals surface area contributed by atoms with Gasteiger partial charge >= 0.3 is 6.03 Å². The van der Waals surface area contributed by atoms with E-state index >= 15 is 0 Å². The van der Waals surface area contributed by atoms with Crippen LogP contribution in [0.25, 0.3) is 0 Å². The lowest BCUT2D eigenvalue weighted by atomic mass is 10.0. The number of benzene rings is 3. The number of anilines is 1. The molecule has 5 rings (SSSR count). The highest BCUT2D eigenvalue weighted by atomic mass is 32.2. The van der Waals surface area contributed by atoms with Crippen molar-refractivity contribution in [3.63, 3.8) is 0 Å². The third-order valence-corrected chi connectivity index (χ3v) is 9.45. The van der Waals surface area contributed by atoms with E-state index in [1.165, 1.54) is 33.8 Å². The van der Waals surface area contributed by atoms with Gasteiger partial charge in [-0.1, -0.05) is 42.5 Å². The van der Waals surface area contributed by atoms with Gasteiger partial charge in [-0.15, -0.1) is 0 Å². The van der Waals surface area contributed by atoms with Gasteiger partial charge in [0.15, 0.2) is 15.6 Å². The summed E-state index contributed by atoms with van der Waals surface area (Å²) in [6, 6.07) is 19.0. The second kappa shape index (κ2) is 13.0. The minimum Gasteiger partial charge on any atom is -0.337 e. The number of halogens is 1. The second-order valence-electron chi connectivity index (χ2n) is 11.0. The number of Topliss-reactive ketones (excluding diaryl/α,β-unsaturated/α-hetero) is 1. The highest BCUT2D eigenvalue weighted by Gasteiger charge is 2.50. The highest BCUT2D eigenvalue weighted by Crippen LogP contribution is 2.28. The molecule has 2 saturated heterocycles. The van der Waals surface area contributed by atoms with E-state index in [1.54, 1.807) is 66.7 Å². The lowest BCUT2D eigenvalue weighted by Crippen LogP contribution is -2.72. The standard InChI is InChI=1S/C32H33FN4O6S/c1-22(38)25-10-12-27(13-11-25)34-32(41)36-17-15-30(39)37-28(21-44(42,43)20-24-6-3-2-4-7-24)31(40)35(19-29(36)37)16-14-23-8-5-9-26(33)18-23/h2-13,18,28-29H,14-17,19-21H2,1H3,(H,34,41)/t28-,29-/m1/s1. The van der Waals surface area contributed by atoms with Gasteiger partial charge in [0.05, 0.1) is 18.1 Å². The summed E-state index contributed by atoms with van der Waals surface area (Å²) in [6.07, 6.45) is -0.712. The number of carbonyl (C=O) groups is 4. The van der Waals surface area contributed by atoms with E-state index in [2.05, 4.69) is 5.32 Å². The van der Waals surface area contributed by atoms with Crippen LogP contribution in [0.5, 0.6) is 0 Å². The van der Waals surface area contributed by atoms with Crippen LogP contribution in [-0.4, -0.2) is 84.3 Å². The topological polar surface area (TPSA) is 124 Å². The fourth-order valence-corrected chi connectivity index (χ4v) is 7.26. The summed E-state index contributed by atoms with van der Waals surface area (Å²) in [6.45, 7) is 1.60. The maximum absolute atomic E-state index is 13.8. The van der Waals surface area contributed by atoms with Crippen LogP contribution in [0.4, 0.5) is 14.9 Å². The van der Waals surface area contributed by atoms with Crippen LogP contribution in [0.1, 0.15) is 34.8 Å². The number of carbonyl (C=O) groups excluding carboxylic acids is 4. The van der Waals surface area contributed by atoms with Gasteiger partial charge < -0.3 is 20.0 Å². The molecule has 10 nitrogen and oxygen atoms in total. The van der Waals surface area contributed by atoms with Crippen molar-refractivity contribution >= 4 is 39.2 Å². The molecule has 0 unspecified atom stereocenters. The molecule has 3 aromatic carbocycles. The van der Waals surface area contributed by atoms with E-state index in [0.29, 0.717) is 28.8 Å². The fourth-order valence-electron chi connectivity index (χ4n) is 5.65. The van der Waals surface area contributed by atoms with E-state index in [0.717, 1.165) is 0 Å². The summed E-state index contributed by atoms with van der Waals surface area (Å²) >= 11 is 0. The number of urea groups is 1. The first-order chi connectivity index (χ1) is 21.0. The monoisotopic (exact) mass is 620 g/mol. The summed E-state index contributed by atoms with van der Waals surface area (Å²) in [5.74, 6) is -2.41. The molecule has 0 aromatic heterocycles. The smallest absolute Gasteiger partial charge is 0.323 e. The molecular weight excluding hydrogens is 587 g/mol. The molecule has 0 spiro atoms. The summed E-state index contributed by atoms with van der Waals surface area (Å²) in [5.41, 5.74) is 2.12. The molecule has 2 fully saturated rings. The highest BCUT2D eigenvalue weighted by molar-refractivity contribution is 7.90. The molecule has 4 amide bonds. The summed E-state index contributed by atoms with van der Waals surface area (Å²) in [7, 11) is -3.87. The number of piperazine rings is 1. The van der Waals surface area contributed by atoms with Crippen LogP contribution in [-0.2, 0) is 31.6 Å². The molecule has 44 heavy (non-hydrogen) atoms. The molecule has 2 heterocycles. The number of rotatable bonds is 9. The zero-order valence-corrected chi connectivity index (χ0v) is 25.0. The Hall–Kier alpha value is -4.58. The predicted octanol–water partition coefficient (Wildman–Crippen LogP) is 3.49. The number of hydrogen-bond donors (Lipinski definition) is 1. The molecule has 0 aliphatic carbocycles. The molecular formula is C32H33FN4O6S. The quantitative estimate of drug-likeness (QED) is 0.366. The van der Waals surface area contributed by atoms with Crippen LogP contribution in [0, 0.1) is 5.82 Å². The molecule has 12 heteroatoms. The first kappa shape index (κ1) is 30.9. The maximum atomic E-state index is 13.8. The molecule has 0 saturated carbocycles. The Bertz CT molecular complexity index is 1670. The Morgan fingerprint density at radius 3 is 2.34 bits per heavy atom. The Labute approximate surface area is 255 Å². The summed E-state index contributed by atoms with van der Waals surface area (Å²) in [4.78, 5) is 56.4. The number of sulfone groups is 1. The van der Waals surface area contributed by atoms with Crippen LogP contribution >= 0.6 is 0 Å². The zero-order valence-electron chi connectivity index (χ0n) is 24.2. The average Bonchev–Trinajstić information content (AvgIpc) is 2.98. The van der Waals surface area contributed by atoms with Crippen LogP contribution in [0.15, 0.2) is 78.9 Å². The van der Waals surface area contributed by atoms with Gasteiger partial charge in [0, 0.05) is 30.8 Å². The molecule has 1 N–H and O–H groups in total. The van der Waals surface area contributed by atoms with Crippen molar-refractivity contribution in [3.8, 4) is 0 Å². The third-order valence-electron chi connectivity index (χ3n) is 7.86. The molecule has 2 atom stereocenters. The predicted molar refractivity (Wildman–Crippen MR) is 162 cm³/mol. The normalized spacial score (nSPS) is 18.6. The largest absolute Gasteiger partial charge is 0.337 e. The molecule has 0 bridgehead atoms. The number of nitrogens with zero attached hydrogens (tertiary/aromatic N) is 3. The van der Waals surface area contributed by atoms with E-state index in [9.17, 15) is 32.0 Å².